The number of para-hydroxylation sites is 2. The van der Waals surface area contributed by atoms with Gasteiger partial charge in [-0.05, 0) is 69.4 Å². The number of rotatable bonds is 1. The van der Waals surface area contributed by atoms with E-state index in [2.05, 4.69) is 60.5 Å². The molecule has 0 amide bonds. The monoisotopic (exact) mass is 531 g/mol. The summed E-state index contributed by atoms with van der Waals surface area (Å²) in [4.78, 5) is 9.06. The summed E-state index contributed by atoms with van der Waals surface area (Å²) in [6.07, 6.45) is -0.457. The van der Waals surface area contributed by atoms with E-state index in [1.165, 1.54) is 0 Å². The summed E-state index contributed by atoms with van der Waals surface area (Å²) in [5.41, 5.74) is 8.42. The van der Waals surface area contributed by atoms with Gasteiger partial charge in [0.05, 0.1) is 14.6 Å². The molecule has 1 aliphatic heterocycles. The van der Waals surface area contributed by atoms with Crippen LogP contribution in [-0.2, 0) is 0 Å². The van der Waals surface area contributed by atoms with Crippen molar-refractivity contribution in [3.8, 4) is 5.75 Å². The van der Waals surface area contributed by atoms with Crippen molar-refractivity contribution >= 4 is 68.1 Å². The highest BCUT2D eigenvalue weighted by Gasteiger charge is 2.27. The number of imidazole rings is 1. The number of guanidine groups is 1. The molecule has 0 spiro atoms. The Morgan fingerprint density at radius 2 is 2.00 bits per heavy atom. The molecule has 2 aromatic carbocycles. The number of nitrogens with one attached hydrogen (secondary N) is 1. The molecule has 0 saturated carbocycles. The van der Waals surface area contributed by atoms with Gasteiger partial charge in [-0.2, -0.15) is 0 Å². The van der Waals surface area contributed by atoms with Crippen molar-refractivity contribution in [2.24, 2.45) is 10.7 Å². The van der Waals surface area contributed by atoms with E-state index in [-0.39, 0.29) is 11.7 Å². The number of nitrogens with two attached hydrogens (primary N) is 1. The van der Waals surface area contributed by atoms with Crippen LogP contribution in [0, 0.1) is 7.14 Å². The highest BCUT2D eigenvalue weighted by molar-refractivity contribution is 14.1. The van der Waals surface area contributed by atoms with Crippen LogP contribution in [0.3, 0.4) is 0 Å². The Bertz CT molecular complexity index is 966. The largest absolute Gasteiger partial charge is 0.506 e. The molecule has 116 valence electrons. The zero-order valence-electron chi connectivity index (χ0n) is 11.7. The summed E-state index contributed by atoms with van der Waals surface area (Å²) in [5, 5.41) is 13.5. The van der Waals surface area contributed by atoms with E-state index in [4.69, 9.17) is 5.73 Å². The van der Waals surface area contributed by atoms with Crippen LogP contribution in [0.5, 0.6) is 5.75 Å². The van der Waals surface area contributed by atoms with Gasteiger partial charge in [0.1, 0.15) is 5.75 Å². The maximum absolute atomic E-state index is 10.5. The van der Waals surface area contributed by atoms with Crippen molar-refractivity contribution in [1.29, 1.82) is 0 Å². The van der Waals surface area contributed by atoms with Gasteiger partial charge in [0.2, 0.25) is 5.95 Å². The second kappa shape index (κ2) is 5.51. The molecule has 23 heavy (non-hydrogen) atoms. The molecule has 1 aromatic heterocycles. The van der Waals surface area contributed by atoms with Crippen molar-refractivity contribution < 1.29 is 5.11 Å². The third-order valence-electron chi connectivity index (χ3n) is 3.68. The molecular formula is C15H11I2N5O. The number of benzene rings is 2. The molecule has 1 atom stereocenters. The molecule has 3 aromatic rings. The number of aromatic nitrogens is 2. The summed E-state index contributed by atoms with van der Waals surface area (Å²) >= 11 is 4.35. The van der Waals surface area contributed by atoms with E-state index in [1.807, 2.05) is 41.0 Å². The van der Waals surface area contributed by atoms with Gasteiger partial charge in [0.25, 0.3) is 0 Å². The number of hydrogen-bond acceptors (Lipinski definition) is 5. The number of fused-ring (bicyclic) bond motifs is 3. The van der Waals surface area contributed by atoms with Crippen LogP contribution < -0.4 is 11.1 Å². The minimum atomic E-state index is -0.457. The number of aromatic hydroxyl groups is 1. The quantitative estimate of drug-likeness (QED) is 0.421. The number of phenols is 1. The van der Waals surface area contributed by atoms with E-state index in [1.54, 1.807) is 0 Å². The molecule has 0 radical (unpaired) electrons. The van der Waals surface area contributed by atoms with E-state index < -0.39 is 6.17 Å². The van der Waals surface area contributed by atoms with Crippen LogP contribution >= 0.6 is 45.2 Å². The van der Waals surface area contributed by atoms with Crippen molar-refractivity contribution in [1.82, 2.24) is 9.55 Å². The first-order chi connectivity index (χ1) is 11.0. The Balaban J connectivity index is 2.01. The summed E-state index contributed by atoms with van der Waals surface area (Å²) in [7, 11) is 0. The van der Waals surface area contributed by atoms with Gasteiger partial charge < -0.3 is 10.8 Å². The van der Waals surface area contributed by atoms with Gasteiger partial charge in [0.15, 0.2) is 12.1 Å². The molecule has 4 rings (SSSR count). The standard InChI is InChI=1S/C15H11I2N5O/c16-7-5-8(12(23)9(17)6-7)13-20-14(18)21-15-19-10-3-1-2-4-11(10)22(13)15/h1-6,13,23H,(H3,18,19,20,21). The van der Waals surface area contributed by atoms with Gasteiger partial charge in [-0.15, -0.1) is 0 Å². The van der Waals surface area contributed by atoms with Crippen molar-refractivity contribution in [3.63, 3.8) is 0 Å². The summed E-state index contributed by atoms with van der Waals surface area (Å²) in [6.45, 7) is 0. The Kier molecular flexibility index (Phi) is 3.59. The molecule has 6 nitrogen and oxygen atoms in total. The zero-order valence-corrected chi connectivity index (χ0v) is 16.0. The van der Waals surface area contributed by atoms with E-state index in [0.717, 1.165) is 18.2 Å². The predicted octanol–water partition coefficient (Wildman–Crippen LogP) is 3.24. The number of nitrogens with zero attached hydrogens (tertiary/aromatic N) is 3. The SMILES string of the molecule is NC1=NC(c2cc(I)cc(I)c2O)n2c(nc3ccccc32)N1. The smallest absolute Gasteiger partial charge is 0.212 e. The van der Waals surface area contributed by atoms with Gasteiger partial charge in [-0.25, -0.2) is 9.98 Å². The minimum Gasteiger partial charge on any atom is -0.506 e. The topological polar surface area (TPSA) is 88.5 Å². The molecule has 0 fully saturated rings. The van der Waals surface area contributed by atoms with Crippen molar-refractivity contribution in [2.75, 3.05) is 5.32 Å². The molecule has 2 heterocycles. The van der Waals surface area contributed by atoms with E-state index in [9.17, 15) is 5.11 Å². The molecule has 1 aliphatic rings. The Morgan fingerprint density at radius 3 is 2.83 bits per heavy atom. The normalized spacial score (nSPS) is 16.8. The second-order valence-electron chi connectivity index (χ2n) is 5.13. The number of hydrogen-bond donors (Lipinski definition) is 3. The number of halogens is 2. The molecule has 0 bridgehead atoms. The lowest BCUT2D eigenvalue weighted by Crippen LogP contribution is -2.31. The number of aliphatic imine (C=N–C) groups is 1. The maximum Gasteiger partial charge on any atom is 0.212 e. The molecule has 1 unspecified atom stereocenters. The number of phenolic OH excluding ortho intramolecular Hbond substituents is 1. The van der Waals surface area contributed by atoms with Crippen LogP contribution in [0.4, 0.5) is 5.95 Å². The lowest BCUT2D eigenvalue weighted by atomic mass is 10.1. The minimum absolute atomic E-state index is 0.221. The highest BCUT2D eigenvalue weighted by Crippen LogP contribution is 2.38. The first kappa shape index (κ1) is 15.0. The second-order valence-corrected chi connectivity index (χ2v) is 7.54. The average Bonchev–Trinajstić information content (AvgIpc) is 2.88. The van der Waals surface area contributed by atoms with Crippen LogP contribution in [0.1, 0.15) is 11.7 Å². The highest BCUT2D eigenvalue weighted by atomic mass is 127. The van der Waals surface area contributed by atoms with Crippen LogP contribution in [0.2, 0.25) is 0 Å². The molecule has 0 saturated heterocycles. The van der Waals surface area contributed by atoms with Crippen LogP contribution in [0.15, 0.2) is 41.4 Å². The van der Waals surface area contributed by atoms with Gasteiger partial charge >= 0.3 is 0 Å². The van der Waals surface area contributed by atoms with Crippen LogP contribution in [-0.4, -0.2) is 20.6 Å². The maximum atomic E-state index is 10.5. The molecular weight excluding hydrogens is 520 g/mol. The van der Waals surface area contributed by atoms with Gasteiger partial charge in [-0.3, -0.25) is 9.88 Å². The lowest BCUT2D eigenvalue weighted by Gasteiger charge is -2.24. The van der Waals surface area contributed by atoms with E-state index in [0.29, 0.717) is 11.5 Å². The Hall–Kier alpha value is -1.56. The summed E-state index contributed by atoms with van der Waals surface area (Å²) in [5.74, 6) is 1.13. The fraction of sp³-hybridized carbons (Fsp3) is 0.0667. The van der Waals surface area contributed by atoms with Gasteiger partial charge in [0, 0.05) is 9.13 Å². The molecule has 8 heteroatoms. The predicted molar refractivity (Wildman–Crippen MR) is 107 cm³/mol. The summed E-state index contributed by atoms with van der Waals surface area (Å²) < 4.78 is 3.76. The fourth-order valence-electron chi connectivity index (χ4n) is 2.71. The third-order valence-corrected chi connectivity index (χ3v) is 5.12. The Labute approximate surface area is 159 Å². The van der Waals surface area contributed by atoms with Crippen molar-refractivity contribution in [3.05, 3.63) is 49.1 Å². The first-order valence-electron chi connectivity index (χ1n) is 6.80. The zero-order chi connectivity index (χ0) is 16.1. The first-order valence-corrected chi connectivity index (χ1v) is 8.95. The Morgan fingerprint density at radius 1 is 1.22 bits per heavy atom. The van der Waals surface area contributed by atoms with E-state index >= 15 is 0 Å². The number of anilines is 1. The molecule has 4 N–H and O–H groups in total. The van der Waals surface area contributed by atoms with Crippen LogP contribution in [0.25, 0.3) is 11.0 Å². The fourth-order valence-corrected chi connectivity index (χ4v) is 4.60. The van der Waals surface area contributed by atoms with Gasteiger partial charge in [-0.1, -0.05) is 12.1 Å². The van der Waals surface area contributed by atoms with Crippen molar-refractivity contribution in [2.45, 2.75) is 6.17 Å². The lowest BCUT2D eigenvalue weighted by molar-refractivity contribution is 0.452. The molecule has 0 aliphatic carbocycles. The summed E-state index contributed by atoms with van der Waals surface area (Å²) in [6, 6.07) is 11.6. The average molecular weight is 531 g/mol. The third kappa shape index (κ3) is 2.43.